The highest BCUT2D eigenvalue weighted by molar-refractivity contribution is 6.29. The molecule has 0 atom stereocenters. The Labute approximate surface area is 272 Å². The summed E-state index contributed by atoms with van der Waals surface area (Å²) in [5.41, 5.74) is 11.5. The smallest absolute Gasteiger partial charge is 0.143 e. The number of para-hydroxylation sites is 1. The summed E-state index contributed by atoms with van der Waals surface area (Å²) in [5.74, 6) is 0. The number of benzene rings is 9. The highest BCUT2D eigenvalue weighted by atomic mass is 16.3. The zero-order chi connectivity index (χ0) is 30.9. The molecule has 0 saturated heterocycles. The summed E-state index contributed by atoms with van der Waals surface area (Å²) in [6.45, 7) is 0. The van der Waals surface area contributed by atoms with Gasteiger partial charge < -0.3 is 4.42 Å². The molecule has 0 fully saturated rings. The average Bonchev–Trinajstić information content (AvgIpc) is 3.54. The van der Waals surface area contributed by atoms with Gasteiger partial charge in [0.2, 0.25) is 0 Å². The van der Waals surface area contributed by atoms with Crippen molar-refractivity contribution in [2.75, 3.05) is 0 Å². The van der Waals surface area contributed by atoms with Crippen LogP contribution < -0.4 is 0 Å². The van der Waals surface area contributed by atoms with E-state index in [0.717, 1.165) is 33.1 Å². The molecule has 0 unspecified atom stereocenters. The third-order valence-corrected chi connectivity index (χ3v) is 9.86. The molecule has 0 radical (unpaired) electrons. The van der Waals surface area contributed by atoms with E-state index in [9.17, 15) is 0 Å². The lowest BCUT2D eigenvalue weighted by molar-refractivity contribution is 0.670. The molecule has 10 aromatic rings. The second-order valence-corrected chi connectivity index (χ2v) is 12.4. The topological polar surface area (TPSA) is 13.1 Å². The standard InChI is InChI=1S/C46H28O/c1-3-11-29(12-4-1)33-15-7-8-16-35(33)36-25-21-31-24-28-40-37(26-22-32-23-27-39(36)43(31)44(32)40)38-18-10-20-42-45(38)41-19-9-17-34(46(41)47-42)30-13-5-2-6-14-30/h1-28H. The Kier molecular flexibility index (Phi) is 5.64. The Hall–Kier alpha value is -6.18. The molecule has 10 rings (SSSR count). The Bertz CT molecular complexity index is 2770. The van der Waals surface area contributed by atoms with E-state index in [4.69, 9.17) is 4.42 Å². The number of fused-ring (bicyclic) bond motifs is 3. The molecular formula is C46H28O. The van der Waals surface area contributed by atoms with Crippen molar-refractivity contribution in [1.29, 1.82) is 0 Å². The molecule has 1 heteroatoms. The number of hydrogen-bond donors (Lipinski definition) is 0. The maximum Gasteiger partial charge on any atom is 0.143 e. The monoisotopic (exact) mass is 596 g/mol. The Morgan fingerprint density at radius 3 is 1.47 bits per heavy atom. The van der Waals surface area contributed by atoms with Crippen LogP contribution in [0.25, 0.3) is 98.8 Å². The summed E-state index contributed by atoms with van der Waals surface area (Å²) in [6, 6.07) is 61.4. The summed E-state index contributed by atoms with van der Waals surface area (Å²) in [4.78, 5) is 0. The molecule has 0 aliphatic rings. The summed E-state index contributed by atoms with van der Waals surface area (Å²) in [7, 11) is 0. The van der Waals surface area contributed by atoms with E-state index in [0.29, 0.717) is 0 Å². The van der Waals surface area contributed by atoms with Crippen LogP contribution >= 0.6 is 0 Å². The molecule has 0 saturated carbocycles. The van der Waals surface area contributed by atoms with Crippen molar-refractivity contribution in [3.8, 4) is 44.5 Å². The molecule has 0 aliphatic heterocycles. The Morgan fingerprint density at radius 2 is 0.787 bits per heavy atom. The van der Waals surface area contributed by atoms with Crippen LogP contribution in [-0.2, 0) is 0 Å². The second kappa shape index (κ2) is 10.2. The largest absolute Gasteiger partial charge is 0.455 e. The molecule has 0 N–H and O–H groups in total. The van der Waals surface area contributed by atoms with Crippen molar-refractivity contribution in [1.82, 2.24) is 0 Å². The van der Waals surface area contributed by atoms with Gasteiger partial charge in [-0.1, -0.05) is 164 Å². The number of furan rings is 1. The van der Waals surface area contributed by atoms with Crippen LogP contribution in [0.2, 0.25) is 0 Å². The third-order valence-electron chi connectivity index (χ3n) is 9.86. The van der Waals surface area contributed by atoms with Crippen LogP contribution in [0.5, 0.6) is 0 Å². The van der Waals surface area contributed by atoms with Gasteiger partial charge in [-0.3, -0.25) is 0 Å². The first kappa shape index (κ1) is 26.1. The summed E-state index contributed by atoms with van der Waals surface area (Å²) in [5, 5.41) is 9.98. The van der Waals surface area contributed by atoms with Crippen molar-refractivity contribution in [3.63, 3.8) is 0 Å². The predicted molar refractivity (Wildman–Crippen MR) is 199 cm³/mol. The van der Waals surface area contributed by atoms with Gasteiger partial charge in [0.15, 0.2) is 0 Å². The van der Waals surface area contributed by atoms with Gasteiger partial charge in [0.05, 0.1) is 0 Å². The molecule has 9 aromatic carbocycles. The van der Waals surface area contributed by atoms with Crippen molar-refractivity contribution >= 4 is 54.3 Å². The van der Waals surface area contributed by atoms with Crippen molar-refractivity contribution in [3.05, 3.63) is 170 Å². The minimum Gasteiger partial charge on any atom is -0.455 e. The van der Waals surface area contributed by atoms with Crippen molar-refractivity contribution in [2.45, 2.75) is 0 Å². The van der Waals surface area contributed by atoms with Gasteiger partial charge in [-0.05, 0) is 77.3 Å². The van der Waals surface area contributed by atoms with Gasteiger partial charge in [-0.25, -0.2) is 0 Å². The Balaban J connectivity index is 1.24. The molecule has 1 heterocycles. The minimum absolute atomic E-state index is 0.909. The average molecular weight is 597 g/mol. The first-order chi connectivity index (χ1) is 23.3. The molecule has 218 valence electrons. The van der Waals surface area contributed by atoms with E-state index in [1.54, 1.807) is 0 Å². The SMILES string of the molecule is c1ccc(-c2ccccc2-c2ccc3ccc4c(-c5cccc6oc7c(-c8ccccc8)cccc7c56)ccc5ccc2c3c54)cc1. The molecule has 0 amide bonds. The lowest BCUT2D eigenvalue weighted by Gasteiger charge is -2.18. The van der Waals surface area contributed by atoms with E-state index in [2.05, 4.69) is 170 Å². The maximum atomic E-state index is 6.64. The van der Waals surface area contributed by atoms with E-state index < -0.39 is 0 Å². The van der Waals surface area contributed by atoms with E-state index >= 15 is 0 Å². The van der Waals surface area contributed by atoms with Gasteiger partial charge >= 0.3 is 0 Å². The maximum absolute atomic E-state index is 6.64. The fourth-order valence-electron chi connectivity index (χ4n) is 7.78. The van der Waals surface area contributed by atoms with E-state index in [1.807, 2.05) is 0 Å². The van der Waals surface area contributed by atoms with Crippen LogP contribution in [0.3, 0.4) is 0 Å². The van der Waals surface area contributed by atoms with Crippen LogP contribution in [0.1, 0.15) is 0 Å². The minimum atomic E-state index is 0.909. The highest BCUT2D eigenvalue weighted by Gasteiger charge is 2.20. The number of rotatable bonds is 4. The van der Waals surface area contributed by atoms with Crippen LogP contribution in [0.4, 0.5) is 0 Å². The predicted octanol–water partition coefficient (Wildman–Crippen LogP) is 13.2. The number of hydrogen-bond acceptors (Lipinski definition) is 1. The lowest BCUT2D eigenvalue weighted by atomic mass is 9.85. The van der Waals surface area contributed by atoms with Gasteiger partial charge in [0.1, 0.15) is 11.2 Å². The molecule has 0 bridgehead atoms. The first-order valence-corrected chi connectivity index (χ1v) is 16.2. The molecule has 0 aliphatic carbocycles. The van der Waals surface area contributed by atoms with E-state index in [1.165, 1.54) is 65.7 Å². The molecule has 47 heavy (non-hydrogen) atoms. The molecule has 1 nitrogen and oxygen atoms in total. The van der Waals surface area contributed by atoms with E-state index in [-0.39, 0.29) is 0 Å². The zero-order valence-electron chi connectivity index (χ0n) is 25.6. The fourth-order valence-corrected chi connectivity index (χ4v) is 7.78. The molecule has 0 spiro atoms. The zero-order valence-corrected chi connectivity index (χ0v) is 25.6. The first-order valence-electron chi connectivity index (χ1n) is 16.2. The van der Waals surface area contributed by atoms with Crippen molar-refractivity contribution < 1.29 is 4.42 Å². The quantitative estimate of drug-likeness (QED) is 0.184. The van der Waals surface area contributed by atoms with Gasteiger partial charge in [0.25, 0.3) is 0 Å². The Morgan fingerprint density at radius 1 is 0.277 bits per heavy atom. The van der Waals surface area contributed by atoms with Gasteiger partial charge in [-0.2, -0.15) is 0 Å². The van der Waals surface area contributed by atoms with Crippen molar-refractivity contribution in [2.24, 2.45) is 0 Å². The normalized spacial score (nSPS) is 11.8. The van der Waals surface area contributed by atoms with Gasteiger partial charge in [0, 0.05) is 16.3 Å². The summed E-state index contributed by atoms with van der Waals surface area (Å²) < 4.78 is 6.64. The van der Waals surface area contributed by atoms with Crippen LogP contribution in [0, 0.1) is 0 Å². The fraction of sp³-hybridized carbons (Fsp3) is 0. The molecule has 1 aromatic heterocycles. The highest BCUT2D eigenvalue weighted by Crippen LogP contribution is 2.46. The summed E-state index contributed by atoms with van der Waals surface area (Å²) in [6.07, 6.45) is 0. The van der Waals surface area contributed by atoms with Crippen LogP contribution in [0.15, 0.2) is 174 Å². The third kappa shape index (κ3) is 3.90. The van der Waals surface area contributed by atoms with Crippen LogP contribution in [-0.4, -0.2) is 0 Å². The second-order valence-electron chi connectivity index (χ2n) is 12.4. The lowest BCUT2D eigenvalue weighted by Crippen LogP contribution is -1.91. The summed E-state index contributed by atoms with van der Waals surface area (Å²) >= 11 is 0. The molecular weight excluding hydrogens is 569 g/mol. The van der Waals surface area contributed by atoms with Gasteiger partial charge in [-0.15, -0.1) is 0 Å².